The number of benzene rings is 1. The molecule has 2 aliphatic rings. The van der Waals surface area contributed by atoms with Gasteiger partial charge in [-0.1, -0.05) is 18.2 Å². The van der Waals surface area contributed by atoms with E-state index in [0.29, 0.717) is 23.7 Å². The Hall–Kier alpha value is -4.75. The molecule has 3 heterocycles. The number of piperazine rings is 1. The second-order valence-electron chi connectivity index (χ2n) is 10.0. The number of rotatable bonds is 9. The molecule has 2 fully saturated rings. The highest BCUT2D eigenvalue weighted by Gasteiger charge is 2.36. The third kappa shape index (κ3) is 6.75. The van der Waals surface area contributed by atoms with E-state index in [4.69, 9.17) is 4.74 Å². The number of fused-ring (bicyclic) bond motifs is 1. The van der Waals surface area contributed by atoms with Gasteiger partial charge in [0.2, 0.25) is 5.91 Å². The molecule has 3 N–H and O–H groups in total. The van der Waals surface area contributed by atoms with Crippen LogP contribution in [0.3, 0.4) is 0 Å². The van der Waals surface area contributed by atoms with E-state index >= 15 is 0 Å². The van der Waals surface area contributed by atoms with Crippen LogP contribution in [0.1, 0.15) is 53.5 Å². The molecule has 0 saturated carbocycles. The number of nitrogens with one attached hydrogen (secondary N) is 1. The summed E-state index contributed by atoms with van der Waals surface area (Å²) in [6.07, 6.45) is -0.221. The highest BCUT2D eigenvalue weighted by molar-refractivity contribution is 6.09. The van der Waals surface area contributed by atoms with Gasteiger partial charge < -0.3 is 35.0 Å². The number of carboxylic acids is 2. The van der Waals surface area contributed by atoms with Crippen LogP contribution in [0.25, 0.3) is 10.9 Å². The van der Waals surface area contributed by atoms with Crippen LogP contribution in [-0.2, 0) is 19.1 Å². The number of likely N-dealkylation sites (tertiary alicyclic amines) is 1. The third-order valence-corrected chi connectivity index (χ3v) is 7.35. The Bertz CT molecular complexity index is 1390. The zero-order valence-electron chi connectivity index (χ0n) is 23.2. The van der Waals surface area contributed by atoms with Crippen molar-refractivity contribution in [2.75, 3.05) is 39.3 Å². The van der Waals surface area contributed by atoms with Crippen molar-refractivity contribution in [2.24, 2.45) is 0 Å². The van der Waals surface area contributed by atoms with Crippen LogP contribution < -0.4 is 5.32 Å². The van der Waals surface area contributed by atoms with Gasteiger partial charge in [0.15, 0.2) is 0 Å². The third-order valence-electron chi connectivity index (χ3n) is 7.35. The number of carbonyl (C=O) groups is 6. The van der Waals surface area contributed by atoms with Gasteiger partial charge >= 0.3 is 18.0 Å². The molecule has 2 aromatic rings. The number of carboxylic acid groups (broad SMARTS) is 2. The lowest BCUT2D eigenvalue weighted by Crippen LogP contribution is -2.56. The van der Waals surface area contributed by atoms with Crippen molar-refractivity contribution in [3.8, 4) is 0 Å². The second-order valence-corrected chi connectivity index (χ2v) is 10.0. The SMILES string of the molecule is CCOC(=O)N1CCN(C(=O)[C@H](CCC(=O)O)NC(=O)c2cc(C(=O)N3CCCC3C(=O)O)c3ccccc3n2)CC1. The molecule has 4 rings (SSSR count). The number of pyridine rings is 1. The van der Waals surface area contributed by atoms with Gasteiger partial charge in [0.1, 0.15) is 17.8 Å². The first kappa shape index (κ1) is 30.2. The molecular weight excluding hydrogens is 550 g/mol. The molecule has 42 heavy (non-hydrogen) atoms. The van der Waals surface area contributed by atoms with E-state index in [0.717, 1.165) is 0 Å². The van der Waals surface area contributed by atoms with E-state index in [2.05, 4.69) is 10.3 Å². The molecular formula is C28H33N5O9. The predicted octanol–water partition coefficient (Wildman–Crippen LogP) is 1.19. The first-order valence-electron chi connectivity index (χ1n) is 13.8. The van der Waals surface area contributed by atoms with Crippen LogP contribution in [0.2, 0.25) is 0 Å². The molecule has 1 unspecified atom stereocenters. The quantitative estimate of drug-likeness (QED) is 0.387. The van der Waals surface area contributed by atoms with Gasteiger partial charge in [0.25, 0.3) is 11.8 Å². The molecule has 14 heteroatoms. The Morgan fingerprint density at radius 2 is 1.71 bits per heavy atom. The van der Waals surface area contributed by atoms with E-state index in [1.807, 2.05) is 0 Å². The number of ether oxygens (including phenoxy) is 1. The van der Waals surface area contributed by atoms with Crippen LogP contribution >= 0.6 is 0 Å². The van der Waals surface area contributed by atoms with E-state index in [9.17, 15) is 39.0 Å². The van der Waals surface area contributed by atoms with Crippen LogP contribution in [-0.4, -0.2) is 117 Å². The summed E-state index contributed by atoms with van der Waals surface area (Å²) in [6, 6.07) is 5.72. The highest BCUT2D eigenvalue weighted by Crippen LogP contribution is 2.25. The van der Waals surface area contributed by atoms with Crippen molar-refractivity contribution >= 4 is 46.7 Å². The van der Waals surface area contributed by atoms with Gasteiger partial charge in [0.05, 0.1) is 17.7 Å². The van der Waals surface area contributed by atoms with Crippen molar-refractivity contribution in [2.45, 2.75) is 44.7 Å². The van der Waals surface area contributed by atoms with Crippen molar-refractivity contribution in [1.29, 1.82) is 0 Å². The first-order chi connectivity index (χ1) is 20.1. The monoisotopic (exact) mass is 583 g/mol. The fourth-order valence-corrected chi connectivity index (χ4v) is 5.19. The molecule has 1 aromatic heterocycles. The lowest BCUT2D eigenvalue weighted by atomic mass is 10.0. The van der Waals surface area contributed by atoms with Crippen LogP contribution in [0, 0.1) is 0 Å². The number of para-hydroxylation sites is 1. The maximum Gasteiger partial charge on any atom is 0.409 e. The predicted molar refractivity (Wildman–Crippen MR) is 147 cm³/mol. The molecule has 2 saturated heterocycles. The fourth-order valence-electron chi connectivity index (χ4n) is 5.19. The van der Waals surface area contributed by atoms with Crippen molar-refractivity contribution in [3.05, 3.63) is 41.6 Å². The second kappa shape index (κ2) is 13.3. The van der Waals surface area contributed by atoms with Crippen molar-refractivity contribution in [1.82, 2.24) is 25.0 Å². The minimum atomic E-state index is -1.20. The van der Waals surface area contributed by atoms with Crippen LogP contribution in [0.5, 0.6) is 0 Å². The standard InChI is InChI=1S/C28H33N5O9/c1-2-42-28(41)32-14-12-31(13-15-32)26(38)20(9-10-23(34)35)30-24(36)21-16-18(17-6-3-4-7-19(17)29-21)25(37)33-11-5-8-22(33)27(39)40/h3-4,6-7,16,20,22H,2,5,8-15H2,1H3,(H,30,36)(H,34,35)(H,39,40)/t20-,22?/m0/s1. The van der Waals surface area contributed by atoms with Crippen LogP contribution in [0.4, 0.5) is 4.79 Å². The average Bonchev–Trinajstić information content (AvgIpc) is 3.48. The normalized spacial score (nSPS) is 17.5. The summed E-state index contributed by atoms with van der Waals surface area (Å²) < 4.78 is 5.00. The van der Waals surface area contributed by atoms with Crippen molar-refractivity contribution < 1.29 is 43.7 Å². The summed E-state index contributed by atoms with van der Waals surface area (Å²) in [4.78, 5) is 83.9. The number of nitrogens with zero attached hydrogens (tertiary/aromatic N) is 4. The summed E-state index contributed by atoms with van der Waals surface area (Å²) in [7, 11) is 0. The van der Waals surface area contributed by atoms with Gasteiger partial charge in [-0.05, 0) is 38.3 Å². The Labute approximate surface area is 241 Å². The topological polar surface area (TPSA) is 187 Å². The summed E-state index contributed by atoms with van der Waals surface area (Å²) in [6.45, 7) is 2.94. The number of amides is 4. The Morgan fingerprint density at radius 3 is 2.38 bits per heavy atom. The van der Waals surface area contributed by atoms with Gasteiger partial charge in [-0.15, -0.1) is 0 Å². The minimum absolute atomic E-state index is 0.0994. The van der Waals surface area contributed by atoms with E-state index in [1.165, 1.54) is 20.8 Å². The minimum Gasteiger partial charge on any atom is -0.481 e. The van der Waals surface area contributed by atoms with E-state index in [1.54, 1.807) is 31.2 Å². The molecule has 2 aliphatic heterocycles. The average molecular weight is 584 g/mol. The highest BCUT2D eigenvalue weighted by atomic mass is 16.6. The smallest absolute Gasteiger partial charge is 0.409 e. The summed E-state index contributed by atoms with van der Waals surface area (Å²) in [5.74, 6) is -4.11. The number of hydrogen-bond acceptors (Lipinski definition) is 8. The molecule has 0 bridgehead atoms. The zero-order chi connectivity index (χ0) is 30.4. The zero-order valence-corrected chi connectivity index (χ0v) is 23.2. The number of hydrogen-bond donors (Lipinski definition) is 3. The number of aromatic nitrogens is 1. The maximum absolute atomic E-state index is 13.5. The molecule has 0 spiro atoms. The molecule has 14 nitrogen and oxygen atoms in total. The van der Waals surface area contributed by atoms with Gasteiger partial charge in [-0.2, -0.15) is 0 Å². The van der Waals surface area contributed by atoms with E-state index in [-0.39, 0.29) is 63.4 Å². The Kier molecular flexibility index (Phi) is 9.55. The number of carbonyl (C=O) groups excluding carboxylic acids is 4. The molecule has 0 aliphatic carbocycles. The van der Waals surface area contributed by atoms with Crippen molar-refractivity contribution in [3.63, 3.8) is 0 Å². The molecule has 1 aromatic carbocycles. The first-order valence-corrected chi connectivity index (χ1v) is 13.8. The van der Waals surface area contributed by atoms with Gasteiger partial charge in [0, 0.05) is 44.5 Å². The van der Waals surface area contributed by atoms with Gasteiger partial charge in [-0.25, -0.2) is 14.6 Å². The maximum atomic E-state index is 13.5. The molecule has 224 valence electrons. The lowest BCUT2D eigenvalue weighted by molar-refractivity contribution is -0.141. The van der Waals surface area contributed by atoms with E-state index < -0.39 is 47.8 Å². The Balaban J connectivity index is 1.57. The Morgan fingerprint density at radius 1 is 1.02 bits per heavy atom. The summed E-state index contributed by atoms with van der Waals surface area (Å²) in [5.41, 5.74) is 0.244. The molecule has 4 amide bonds. The largest absolute Gasteiger partial charge is 0.481 e. The fraction of sp³-hybridized carbons (Fsp3) is 0.464. The van der Waals surface area contributed by atoms with Crippen LogP contribution in [0.15, 0.2) is 30.3 Å². The summed E-state index contributed by atoms with van der Waals surface area (Å²) in [5, 5.41) is 21.8. The molecule has 0 radical (unpaired) electrons. The van der Waals surface area contributed by atoms with Gasteiger partial charge in [-0.3, -0.25) is 19.2 Å². The lowest BCUT2D eigenvalue weighted by Gasteiger charge is -2.35. The number of aliphatic carboxylic acids is 2. The summed E-state index contributed by atoms with van der Waals surface area (Å²) >= 11 is 0. The molecule has 2 atom stereocenters.